The molecule has 1 aromatic carbocycles. The van der Waals surface area contributed by atoms with E-state index < -0.39 is 10.9 Å². The van der Waals surface area contributed by atoms with Crippen LogP contribution in [0.2, 0.25) is 0 Å². The molecular formula is C13H13N3O4S. The molecule has 0 fully saturated rings. The maximum atomic E-state index is 11.7. The molecule has 0 aliphatic carbocycles. The number of benzene rings is 1. The fourth-order valence-corrected chi connectivity index (χ4v) is 1.96. The summed E-state index contributed by atoms with van der Waals surface area (Å²) in [6.45, 7) is 1.82. The second-order valence-corrected chi connectivity index (χ2v) is 4.49. The molecule has 0 bridgehead atoms. The normalized spacial score (nSPS) is 11.1. The minimum atomic E-state index is -0.709. The van der Waals surface area contributed by atoms with Crippen LogP contribution in [-0.2, 0) is 9.53 Å². The lowest BCUT2D eigenvalue weighted by Gasteiger charge is -2.10. The first kappa shape index (κ1) is 16.5. The van der Waals surface area contributed by atoms with Crippen LogP contribution in [0.1, 0.15) is 6.92 Å². The topological polar surface area (TPSA) is 105 Å². The lowest BCUT2D eigenvalue weighted by Crippen LogP contribution is -2.11. The van der Waals surface area contributed by atoms with Gasteiger partial charge in [0.25, 0.3) is 5.69 Å². The fourth-order valence-electron chi connectivity index (χ4n) is 1.41. The van der Waals surface area contributed by atoms with Crippen LogP contribution in [0.5, 0.6) is 0 Å². The number of esters is 1. The molecule has 1 aromatic rings. The summed E-state index contributed by atoms with van der Waals surface area (Å²) in [6, 6.07) is 7.45. The van der Waals surface area contributed by atoms with Crippen molar-refractivity contribution in [1.82, 2.24) is 0 Å². The molecule has 0 amide bonds. The van der Waals surface area contributed by atoms with Gasteiger partial charge in [0, 0.05) is 17.8 Å². The van der Waals surface area contributed by atoms with Crippen molar-refractivity contribution in [2.75, 3.05) is 18.2 Å². The first-order valence-electron chi connectivity index (χ1n) is 5.90. The van der Waals surface area contributed by atoms with E-state index in [0.717, 1.165) is 0 Å². The molecule has 0 aromatic heterocycles. The molecule has 0 aliphatic rings. The lowest BCUT2D eigenvalue weighted by molar-refractivity contribution is -0.384. The van der Waals surface area contributed by atoms with E-state index in [-0.39, 0.29) is 17.9 Å². The summed E-state index contributed by atoms with van der Waals surface area (Å²) in [5.41, 5.74) is 0.353. The third kappa shape index (κ3) is 4.50. The van der Waals surface area contributed by atoms with E-state index in [1.165, 1.54) is 36.0 Å². The zero-order chi connectivity index (χ0) is 15.8. The third-order valence-corrected chi connectivity index (χ3v) is 3.07. The average Bonchev–Trinajstić information content (AvgIpc) is 2.47. The molecule has 0 unspecified atom stereocenters. The molecule has 0 aliphatic heterocycles. The number of nitro benzene ring substituents is 1. The van der Waals surface area contributed by atoms with Gasteiger partial charge >= 0.3 is 5.97 Å². The molecule has 0 radical (unpaired) electrons. The highest BCUT2D eigenvalue weighted by atomic mass is 32.2. The Bertz CT molecular complexity index is 605. The van der Waals surface area contributed by atoms with Gasteiger partial charge in [0.1, 0.15) is 6.07 Å². The molecule has 0 heterocycles. The third-order valence-electron chi connectivity index (χ3n) is 2.36. The highest BCUT2D eigenvalue weighted by molar-refractivity contribution is 8.02. The number of hydrogen-bond acceptors (Lipinski definition) is 7. The Balaban J connectivity index is 3.02. The number of ether oxygens (including phenoxy) is 1. The van der Waals surface area contributed by atoms with Gasteiger partial charge in [-0.05, 0) is 25.3 Å². The van der Waals surface area contributed by atoms with Crippen LogP contribution >= 0.6 is 11.8 Å². The number of nitro groups is 1. The quantitative estimate of drug-likeness (QED) is 0.283. The van der Waals surface area contributed by atoms with Crippen LogP contribution in [0.25, 0.3) is 0 Å². The average molecular weight is 307 g/mol. The molecular weight excluding hydrogens is 294 g/mol. The van der Waals surface area contributed by atoms with E-state index in [9.17, 15) is 14.9 Å². The van der Waals surface area contributed by atoms with Gasteiger partial charge in [0.2, 0.25) is 0 Å². The Labute approximate surface area is 125 Å². The molecule has 0 saturated carbocycles. The number of rotatable bonds is 6. The number of anilines is 1. The molecule has 0 atom stereocenters. The Hall–Kier alpha value is -2.53. The summed E-state index contributed by atoms with van der Waals surface area (Å²) in [7, 11) is 0. The predicted molar refractivity (Wildman–Crippen MR) is 79.5 cm³/mol. The minimum absolute atomic E-state index is 0.0406. The summed E-state index contributed by atoms with van der Waals surface area (Å²) < 4.78 is 4.80. The van der Waals surface area contributed by atoms with Crippen LogP contribution in [0.4, 0.5) is 11.4 Å². The number of thioether (sulfide) groups is 1. The molecule has 1 N–H and O–H groups in total. The van der Waals surface area contributed by atoms with Crippen molar-refractivity contribution >= 4 is 29.1 Å². The number of hydrogen-bond donors (Lipinski definition) is 1. The van der Waals surface area contributed by atoms with Crippen LogP contribution in [0.3, 0.4) is 0 Å². The Morgan fingerprint density at radius 3 is 2.52 bits per heavy atom. The van der Waals surface area contributed by atoms with E-state index in [2.05, 4.69) is 5.32 Å². The van der Waals surface area contributed by atoms with E-state index in [4.69, 9.17) is 10.00 Å². The van der Waals surface area contributed by atoms with Crippen molar-refractivity contribution in [3.63, 3.8) is 0 Å². The van der Waals surface area contributed by atoms with Crippen molar-refractivity contribution in [1.29, 1.82) is 5.26 Å². The van der Waals surface area contributed by atoms with E-state index in [1.807, 2.05) is 0 Å². The van der Waals surface area contributed by atoms with Crippen molar-refractivity contribution in [2.24, 2.45) is 0 Å². The maximum absolute atomic E-state index is 11.7. The Kier molecular flexibility index (Phi) is 6.23. The molecule has 110 valence electrons. The molecule has 0 spiro atoms. The summed E-state index contributed by atoms with van der Waals surface area (Å²) >= 11 is 1.17. The smallest absolute Gasteiger partial charge is 0.351 e. The molecule has 21 heavy (non-hydrogen) atoms. The Morgan fingerprint density at radius 1 is 1.48 bits per heavy atom. The van der Waals surface area contributed by atoms with Gasteiger partial charge in [-0.1, -0.05) is 0 Å². The van der Waals surface area contributed by atoms with Gasteiger partial charge in [-0.15, -0.1) is 11.8 Å². The van der Waals surface area contributed by atoms with Crippen LogP contribution in [0, 0.1) is 21.4 Å². The largest absolute Gasteiger partial charge is 0.462 e. The van der Waals surface area contributed by atoms with E-state index in [1.54, 1.807) is 19.2 Å². The van der Waals surface area contributed by atoms with Gasteiger partial charge in [-0.3, -0.25) is 10.1 Å². The van der Waals surface area contributed by atoms with Crippen molar-refractivity contribution < 1.29 is 14.5 Å². The number of non-ortho nitro benzene ring substituents is 1. The molecule has 0 saturated heterocycles. The minimum Gasteiger partial charge on any atom is -0.462 e. The number of nitrogens with one attached hydrogen (secondary N) is 1. The zero-order valence-corrected chi connectivity index (χ0v) is 12.3. The van der Waals surface area contributed by atoms with Gasteiger partial charge in [0.15, 0.2) is 5.57 Å². The van der Waals surface area contributed by atoms with E-state index in [0.29, 0.717) is 10.7 Å². The summed E-state index contributed by atoms with van der Waals surface area (Å²) in [4.78, 5) is 21.7. The highest BCUT2D eigenvalue weighted by Gasteiger charge is 2.16. The number of nitriles is 1. The zero-order valence-electron chi connectivity index (χ0n) is 11.5. The van der Waals surface area contributed by atoms with E-state index >= 15 is 0 Å². The van der Waals surface area contributed by atoms with Crippen molar-refractivity contribution in [3.05, 3.63) is 45.0 Å². The lowest BCUT2D eigenvalue weighted by atomic mass is 10.2. The molecule has 1 rings (SSSR count). The summed E-state index contributed by atoms with van der Waals surface area (Å²) in [5.74, 6) is -0.709. The van der Waals surface area contributed by atoms with Crippen molar-refractivity contribution in [3.8, 4) is 6.07 Å². The first-order chi connectivity index (χ1) is 10.0. The molecule has 8 heteroatoms. The van der Waals surface area contributed by atoms with Gasteiger partial charge in [0.05, 0.1) is 16.6 Å². The Morgan fingerprint density at radius 2 is 2.10 bits per heavy atom. The first-order valence-corrected chi connectivity index (χ1v) is 7.12. The standard InChI is InChI=1S/C13H13N3O4S/c1-3-20-13(17)11(8-14)12(21-2)15-9-4-6-10(7-5-9)16(18)19/h4-7,15H,3H2,1-2H3/b12-11-. The van der Waals surface area contributed by atoms with Crippen molar-refractivity contribution in [2.45, 2.75) is 6.92 Å². The SMILES string of the molecule is CCOC(=O)/C(C#N)=C(/Nc1ccc([N+](=O)[O-])cc1)SC. The van der Waals surface area contributed by atoms with Crippen LogP contribution in [0.15, 0.2) is 34.9 Å². The van der Waals surface area contributed by atoms with Crippen LogP contribution in [-0.4, -0.2) is 23.8 Å². The number of carbonyl (C=O) groups is 1. The summed E-state index contributed by atoms with van der Waals surface area (Å²) in [5, 5.41) is 22.8. The second-order valence-electron chi connectivity index (χ2n) is 3.67. The van der Waals surface area contributed by atoms with Gasteiger partial charge in [-0.2, -0.15) is 5.26 Å². The second kappa shape index (κ2) is 7.91. The highest BCUT2D eigenvalue weighted by Crippen LogP contribution is 2.23. The van der Waals surface area contributed by atoms with Gasteiger partial charge in [-0.25, -0.2) is 4.79 Å². The van der Waals surface area contributed by atoms with Crippen LogP contribution < -0.4 is 5.32 Å². The fraction of sp³-hybridized carbons (Fsp3) is 0.231. The number of carbonyl (C=O) groups excluding carboxylic acids is 1. The molecule has 7 nitrogen and oxygen atoms in total. The number of nitrogens with zero attached hydrogens (tertiary/aromatic N) is 2. The predicted octanol–water partition coefficient (Wildman–Crippen LogP) is 2.67. The van der Waals surface area contributed by atoms with Gasteiger partial charge < -0.3 is 10.1 Å². The maximum Gasteiger partial charge on any atom is 0.351 e. The summed E-state index contributed by atoms with van der Waals surface area (Å²) in [6.07, 6.45) is 1.70. The monoisotopic (exact) mass is 307 g/mol.